The van der Waals surface area contributed by atoms with Crippen molar-refractivity contribution in [2.24, 2.45) is 10.2 Å². The molecule has 1 heterocycles. The Bertz CT molecular complexity index is 977. The van der Waals surface area contributed by atoms with Gasteiger partial charge in [0.2, 0.25) is 0 Å². The van der Waals surface area contributed by atoms with Gasteiger partial charge in [-0.25, -0.2) is 14.2 Å². The van der Waals surface area contributed by atoms with E-state index >= 15 is 0 Å². The Labute approximate surface area is 155 Å². The molecule has 0 bridgehead atoms. The number of aromatic nitrogens is 1. The Hall–Kier alpha value is -3.61. The van der Waals surface area contributed by atoms with Gasteiger partial charge in [0.25, 0.3) is 0 Å². The maximum Gasteiger partial charge on any atom is 0.362 e. The van der Waals surface area contributed by atoms with E-state index in [0.717, 1.165) is 0 Å². The Balaban J connectivity index is 1.69. The number of benzene rings is 2. The number of carbonyl (C=O) groups excluding carboxylic acids is 1. The normalized spacial score (nSPS) is 10.9. The van der Waals surface area contributed by atoms with Crippen LogP contribution in [0.2, 0.25) is 0 Å². The van der Waals surface area contributed by atoms with Gasteiger partial charge in [-0.2, -0.15) is 5.11 Å². The second-order valence-corrected chi connectivity index (χ2v) is 5.87. The molecule has 7 heteroatoms. The van der Waals surface area contributed by atoms with E-state index in [1.807, 2.05) is 0 Å². The Morgan fingerprint density at radius 3 is 2.22 bits per heavy atom. The number of phenolic OH excluding ortho intramolecular Hbond substituents is 1. The van der Waals surface area contributed by atoms with Crippen LogP contribution in [0.3, 0.4) is 0 Å². The van der Waals surface area contributed by atoms with Gasteiger partial charge in [0, 0.05) is 0 Å². The molecule has 0 unspecified atom stereocenters. The summed E-state index contributed by atoms with van der Waals surface area (Å²) in [5, 5.41) is 18.0. The third-order valence-electron chi connectivity index (χ3n) is 3.74. The SMILES string of the molecule is Cc1cc(/N=N/c2ccc(C(=O)Oc3ccc(F)cc3)nc2)cc(C)c1O. The van der Waals surface area contributed by atoms with Gasteiger partial charge in [0.1, 0.15) is 28.7 Å². The fourth-order valence-corrected chi connectivity index (χ4v) is 2.33. The van der Waals surface area contributed by atoms with Crippen LogP contribution in [0.15, 0.2) is 65.0 Å². The number of ether oxygens (including phenoxy) is 1. The van der Waals surface area contributed by atoms with Crippen LogP contribution >= 0.6 is 0 Å². The third-order valence-corrected chi connectivity index (χ3v) is 3.74. The number of aryl methyl sites for hydroxylation is 2. The molecule has 27 heavy (non-hydrogen) atoms. The quantitative estimate of drug-likeness (QED) is 0.392. The molecule has 3 aromatic rings. The molecule has 1 aromatic heterocycles. The van der Waals surface area contributed by atoms with Crippen molar-refractivity contribution in [3.63, 3.8) is 0 Å². The molecule has 2 aromatic carbocycles. The van der Waals surface area contributed by atoms with Crippen LogP contribution in [0.5, 0.6) is 11.5 Å². The summed E-state index contributed by atoms with van der Waals surface area (Å²) in [5.41, 5.74) is 2.57. The van der Waals surface area contributed by atoms with E-state index in [2.05, 4.69) is 15.2 Å². The lowest BCUT2D eigenvalue weighted by molar-refractivity contribution is 0.0728. The molecule has 0 saturated carbocycles. The molecule has 3 rings (SSSR count). The molecule has 1 N–H and O–H groups in total. The number of aromatic hydroxyl groups is 1. The average molecular weight is 365 g/mol. The molecule has 0 aliphatic heterocycles. The van der Waals surface area contributed by atoms with Gasteiger partial charge in [-0.1, -0.05) is 0 Å². The second-order valence-electron chi connectivity index (χ2n) is 5.87. The molecular weight excluding hydrogens is 349 g/mol. The van der Waals surface area contributed by atoms with E-state index in [4.69, 9.17) is 4.74 Å². The van der Waals surface area contributed by atoms with Gasteiger partial charge in [0.05, 0.1) is 11.9 Å². The fraction of sp³-hybridized carbons (Fsp3) is 0.100. The highest BCUT2D eigenvalue weighted by Gasteiger charge is 2.10. The van der Waals surface area contributed by atoms with E-state index in [9.17, 15) is 14.3 Å². The minimum absolute atomic E-state index is 0.0922. The molecule has 0 saturated heterocycles. The smallest absolute Gasteiger partial charge is 0.362 e. The van der Waals surface area contributed by atoms with Crippen LogP contribution in [-0.2, 0) is 0 Å². The first-order valence-corrected chi connectivity index (χ1v) is 8.08. The third kappa shape index (κ3) is 4.52. The van der Waals surface area contributed by atoms with Crippen molar-refractivity contribution in [2.75, 3.05) is 0 Å². The van der Waals surface area contributed by atoms with Gasteiger partial charge in [-0.05, 0) is 73.5 Å². The maximum absolute atomic E-state index is 12.9. The molecule has 0 fully saturated rings. The first-order chi connectivity index (χ1) is 12.9. The predicted octanol–water partition coefficient (Wildman–Crippen LogP) is 5.18. The molecule has 0 spiro atoms. The minimum atomic E-state index is -0.658. The number of halogens is 1. The highest BCUT2D eigenvalue weighted by atomic mass is 19.1. The number of esters is 1. The van der Waals surface area contributed by atoms with Gasteiger partial charge in [0.15, 0.2) is 0 Å². The van der Waals surface area contributed by atoms with E-state index in [0.29, 0.717) is 22.5 Å². The molecule has 0 aliphatic carbocycles. The topological polar surface area (TPSA) is 84.1 Å². The first kappa shape index (κ1) is 18.2. The summed E-state index contributed by atoms with van der Waals surface area (Å²) in [6.45, 7) is 3.56. The van der Waals surface area contributed by atoms with Crippen molar-refractivity contribution in [1.82, 2.24) is 4.98 Å². The summed E-state index contributed by atoms with van der Waals surface area (Å²) in [4.78, 5) is 16.1. The number of hydrogen-bond donors (Lipinski definition) is 1. The van der Waals surface area contributed by atoms with E-state index in [1.165, 1.54) is 36.5 Å². The average Bonchev–Trinajstić information content (AvgIpc) is 2.66. The molecule has 6 nitrogen and oxygen atoms in total. The number of hydrogen-bond acceptors (Lipinski definition) is 6. The highest BCUT2D eigenvalue weighted by Crippen LogP contribution is 2.28. The molecular formula is C20H16FN3O3. The van der Waals surface area contributed by atoms with Crippen molar-refractivity contribution in [3.8, 4) is 11.5 Å². The van der Waals surface area contributed by atoms with Crippen LogP contribution < -0.4 is 4.74 Å². The predicted molar refractivity (Wildman–Crippen MR) is 97.4 cm³/mol. The van der Waals surface area contributed by atoms with E-state index in [1.54, 1.807) is 32.0 Å². The minimum Gasteiger partial charge on any atom is -0.507 e. The zero-order valence-electron chi connectivity index (χ0n) is 14.7. The molecule has 0 aliphatic rings. The number of nitrogens with zero attached hydrogens (tertiary/aromatic N) is 3. The van der Waals surface area contributed by atoms with Crippen molar-refractivity contribution >= 4 is 17.3 Å². The Morgan fingerprint density at radius 1 is 1.00 bits per heavy atom. The van der Waals surface area contributed by atoms with Gasteiger partial charge >= 0.3 is 5.97 Å². The van der Waals surface area contributed by atoms with Crippen molar-refractivity contribution in [1.29, 1.82) is 0 Å². The Kier molecular flexibility index (Phi) is 5.21. The highest BCUT2D eigenvalue weighted by molar-refractivity contribution is 5.89. The number of azo groups is 1. The van der Waals surface area contributed by atoms with Crippen molar-refractivity contribution in [2.45, 2.75) is 13.8 Å². The van der Waals surface area contributed by atoms with E-state index in [-0.39, 0.29) is 17.2 Å². The standard InChI is InChI=1S/C20H16FN3O3/c1-12-9-16(10-13(2)19(12)25)24-23-15-5-8-18(22-11-15)20(26)27-17-6-3-14(21)4-7-17/h3-11,25H,1-2H3/b24-23+. The van der Waals surface area contributed by atoms with Crippen molar-refractivity contribution in [3.05, 3.63) is 77.4 Å². The number of pyridine rings is 1. The largest absolute Gasteiger partial charge is 0.507 e. The van der Waals surface area contributed by atoms with Gasteiger partial charge in [-0.15, -0.1) is 5.11 Å². The summed E-state index contributed by atoms with van der Waals surface area (Å²) >= 11 is 0. The van der Waals surface area contributed by atoms with Gasteiger partial charge < -0.3 is 9.84 Å². The number of carbonyl (C=O) groups is 1. The Morgan fingerprint density at radius 2 is 1.63 bits per heavy atom. The van der Waals surface area contributed by atoms with Crippen LogP contribution in [0.4, 0.5) is 15.8 Å². The zero-order chi connectivity index (χ0) is 19.4. The lowest BCUT2D eigenvalue weighted by Crippen LogP contribution is -2.10. The summed E-state index contributed by atoms with van der Waals surface area (Å²) in [5.74, 6) is -0.610. The lowest BCUT2D eigenvalue weighted by Gasteiger charge is -2.04. The summed E-state index contributed by atoms with van der Waals surface area (Å²) in [6, 6.07) is 11.6. The summed E-state index contributed by atoms with van der Waals surface area (Å²) in [7, 11) is 0. The monoisotopic (exact) mass is 365 g/mol. The van der Waals surface area contributed by atoms with Crippen LogP contribution in [0.25, 0.3) is 0 Å². The molecule has 0 amide bonds. The second kappa shape index (κ2) is 7.74. The molecule has 0 radical (unpaired) electrons. The van der Waals surface area contributed by atoms with Crippen molar-refractivity contribution < 1.29 is 19.0 Å². The number of rotatable bonds is 4. The van der Waals surface area contributed by atoms with Crippen LogP contribution in [-0.4, -0.2) is 16.1 Å². The van der Waals surface area contributed by atoms with Crippen LogP contribution in [0, 0.1) is 19.7 Å². The summed E-state index contributed by atoms with van der Waals surface area (Å²) < 4.78 is 18.0. The lowest BCUT2D eigenvalue weighted by atomic mass is 10.1. The van der Waals surface area contributed by atoms with Gasteiger partial charge in [-0.3, -0.25) is 0 Å². The van der Waals surface area contributed by atoms with E-state index < -0.39 is 11.8 Å². The molecule has 136 valence electrons. The first-order valence-electron chi connectivity index (χ1n) is 8.08. The number of phenols is 1. The maximum atomic E-state index is 12.9. The van der Waals surface area contributed by atoms with Crippen LogP contribution in [0.1, 0.15) is 21.6 Å². The molecule has 0 atom stereocenters. The fourth-order valence-electron chi connectivity index (χ4n) is 2.33. The zero-order valence-corrected chi connectivity index (χ0v) is 14.7. The summed E-state index contributed by atoms with van der Waals surface area (Å²) in [6.07, 6.45) is 1.39.